The maximum absolute atomic E-state index is 13.6. The van der Waals surface area contributed by atoms with Gasteiger partial charge in [0.25, 0.3) is 0 Å². The molecule has 1 unspecified atom stereocenters. The SMILES string of the molecule is O=C(NC=Cc1cc(F)cc(C(F)(F)F)c1)C(c1csc2ccc(Cl)cc12)P1OCCCO1. The molecule has 1 N–H and O–H groups in total. The molecule has 1 aromatic heterocycles. The number of benzene rings is 2. The Morgan fingerprint density at radius 2 is 1.94 bits per heavy atom. The molecule has 1 amide bonds. The van der Waals surface area contributed by atoms with Crippen LogP contribution in [0.3, 0.4) is 0 Å². The summed E-state index contributed by atoms with van der Waals surface area (Å²) < 4.78 is 64.9. The lowest BCUT2D eigenvalue weighted by Crippen LogP contribution is -2.26. The molecule has 0 bridgehead atoms. The van der Waals surface area contributed by atoms with Crippen molar-refractivity contribution in [1.29, 1.82) is 0 Å². The summed E-state index contributed by atoms with van der Waals surface area (Å²) in [6.07, 6.45) is -1.58. The standard InChI is InChI=1S/C22H17ClF4NO3PS/c23-15-2-3-19-17(11-15)18(12-33-19)20(32-30-6-1-7-31-32)21(29)28-5-4-13-8-14(22(25,26)27)10-16(24)9-13/h2-5,8-12,20H,1,6-7H2,(H,28,29). The van der Waals surface area contributed by atoms with E-state index in [1.165, 1.54) is 23.6 Å². The molecule has 11 heteroatoms. The molecule has 1 atom stereocenters. The van der Waals surface area contributed by atoms with Crippen molar-refractivity contribution in [3.8, 4) is 0 Å². The van der Waals surface area contributed by atoms with Crippen LogP contribution in [0, 0.1) is 5.82 Å². The summed E-state index contributed by atoms with van der Waals surface area (Å²) in [5.41, 5.74) is -1.24. The largest absolute Gasteiger partial charge is 0.416 e. The molecule has 174 valence electrons. The number of fused-ring (bicyclic) bond motifs is 1. The van der Waals surface area contributed by atoms with Crippen LogP contribution in [0.15, 0.2) is 48.0 Å². The van der Waals surface area contributed by atoms with Gasteiger partial charge in [0.2, 0.25) is 5.91 Å². The van der Waals surface area contributed by atoms with Gasteiger partial charge in [0.15, 0.2) is 8.38 Å². The Morgan fingerprint density at radius 3 is 2.67 bits per heavy atom. The first-order chi connectivity index (χ1) is 15.7. The van der Waals surface area contributed by atoms with Crippen molar-refractivity contribution in [3.05, 3.63) is 75.5 Å². The molecule has 4 rings (SSSR count). The lowest BCUT2D eigenvalue weighted by molar-refractivity contribution is -0.137. The van der Waals surface area contributed by atoms with Crippen LogP contribution in [0.25, 0.3) is 16.2 Å². The number of thiophene rings is 1. The van der Waals surface area contributed by atoms with Gasteiger partial charge in [-0.2, -0.15) is 13.2 Å². The molecule has 33 heavy (non-hydrogen) atoms. The lowest BCUT2D eigenvalue weighted by Gasteiger charge is -2.28. The van der Waals surface area contributed by atoms with E-state index in [2.05, 4.69) is 5.32 Å². The Labute approximate surface area is 197 Å². The van der Waals surface area contributed by atoms with Gasteiger partial charge in [-0.3, -0.25) is 4.79 Å². The number of nitrogens with one attached hydrogen (secondary N) is 1. The fourth-order valence-corrected chi connectivity index (χ4v) is 6.25. The normalized spacial score (nSPS) is 16.4. The first kappa shape index (κ1) is 24.1. The minimum absolute atomic E-state index is 0.0391. The quantitative estimate of drug-likeness (QED) is 0.285. The van der Waals surface area contributed by atoms with Crippen LogP contribution in [-0.4, -0.2) is 19.1 Å². The van der Waals surface area contributed by atoms with Crippen molar-refractivity contribution >= 4 is 53.4 Å². The van der Waals surface area contributed by atoms with E-state index in [-0.39, 0.29) is 5.56 Å². The van der Waals surface area contributed by atoms with Crippen LogP contribution in [0.2, 0.25) is 5.02 Å². The second kappa shape index (κ2) is 10.1. The summed E-state index contributed by atoms with van der Waals surface area (Å²) in [6.45, 7) is 0.912. The molecular weight excluding hydrogens is 501 g/mol. The summed E-state index contributed by atoms with van der Waals surface area (Å²) in [5.74, 6) is -1.48. The maximum Gasteiger partial charge on any atom is 0.416 e. The van der Waals surface area contributed by atoms with E-state index in [4.69, 9.17) is 20.6 Å². The molecule has 1 aliphatic heterocycles. The summed E-state index contributed by atoms with van der Waals surface area (Å²) in [7, 11) is -1.60. The maximum atomic E-state index is 13.6. The molecule has 3 aromatic rings. The van der Waals surface area contributed by atoms with E-state index in [1.807, 2.05) is 11.4 Å². The second-order valence-corrected chi connectivity index (χ2v) is 10.1. The van der Waals surface area contributed by atoms with Crippen LogP contribution in [0.4, 0.5) is 17.6 Å². The lowest BCUT2D eigenvalue weighted by atomic mass is 10.1. The highest BCUT2D eigenvalue weighted by Crippen LogP contribution is 2.56. The molecule has 1 saturated heterocycles. The molecule has 1 aliphatic rings. The van der Waals surface area contributed by atoms with Crippen LogP contribution in [0.1, 0.15) is 28.8 Å². The highest BCUT2D eigenvalue weighted by molar-refractivity contribution is 7.49. The third-order valence-corrected chi connectivity index (χ3v) is 7.82. The van der Waals surface area contributed by atoms with Gasteiger partial charge in [0.05, 0.1) is 18.8 Å². The van der Waals surface area contributed by atoms with Crippen molar-refractivity contribution in [2.24, 2.45) is 0 Å². The molecule has 2 heterocycles. The highest BCUT2D eigenvalue weighted by Gasteiger charge is 2.36. The van der Waals surface area contributed by atoms with Crippen molar-refractivity contribution in [3.63, 3.8) is 0 Å². The van der Waals surface area contributed by atoms with E-state index >= 15 is 0 Å². The Hall–Kier alpha value is -2.03. The van der Waals surface area contributed by atoms with Crippen LogP contribution < -0.4 is 5.32 Å². The molecular formula is C22H17ClF4NO3PS. The van der Waals surface area contributed by atoms with E-state index in [1.54, 1.807) is 12.1 Å². The Kier molecular flexibility index (Phi) is 7.36. The zero-order valence-corrected chi connectivity index (χ0v) is 19.3. The van der Waals surface area contributed by atoms with Crippen LogP contribution >= 0.6 is 31.3 Å². The monoisotopic (exact) mass is 517 g/mol. The van der Waals surface area contributed by atoms with Gasteiger partial charge in [-0.05, 0) is 70.8 Å². The molecule has 0 aliphatic carbocycles. The highest BCUT2D eigenvalue weighted by atomic mass is 35.5. The topological polar surface area (TPSA) is 47.6 Å². The van der Waals surface area contributed by atoms with Gasteiger partial charge in [-0.25, -0.2) is 4.39 Å². The summed E-state index contributed by atoms with van der Waals surface area (Å²) in [5, 5.41) is 5.75. The van der Waals surface area contributed by atoms with E-state index in [9.17, 15) is 22.4 Å². The van der Waals surface area contributed by atoms with Gasteiger partial charge in [0, 0.05) is 15.9 Å². The van der Waals surface area contributed by atoms with Gasteiger partial charge in [0.1, 0.15) is 11.5 Å². The fraction of sp³-hybridized carbons (Fsp3) is 0.227. The first-order valence-corrected chi connectivity index (χ1v) is 12.3. The molecule has 1 fully saturated rings. The third-order valence-electron chi connectivity index (χ3n) is 4.79. The molecule has 2 aromatic carbocycles. The predicted molar refractivity (Wildman–Crippen MR) is 122 cm³/mol. The molecule has 0 spiro atoms. The average molecular weight is 518 g/mol. The minimum atomic E-state index is -4.68. The predicted octanol–water partition coefficient (Wildman–Crippen LogP) is 7.29. The molecule has 0 radical (unpaired) electrons. The van der Waals surface area contributed by atoms with E-state index in [0.717, 1.165) is 22.2 Å². The minimum Gasteiger partial charge on any atom is -0.333 e. The Bertz CT molecular complexity index is 1190. The third kappa shape index (κ3) is 5.73. The van der Waals surface area contributed by atoms with Gasteiger partial charge < -0.3 is 14.4 Å². The van der Waals surface area contributed by atoms with Gasteiger partial charge in [-0.1, -0.05) is 11.6 Å². The number of carbonyl (C=O) groups excluding carboxylic acids is 1. The average Bonchev–Trinajstić information content (AvgIpc) is 3.16. The fourth-order valence-electron chi connectivity index (χ4n) is 3.31. The number of carbonyl (C=O) groups is 1. The smallest absolute Gasteiger partial charge is 0.333 e. The summed E-state index contributed by atoms with van der Waals surface area (Å²) >= 11 is 7.60. The number of amides is 1. The summed E-state index contributed by atoms with van der Waals surface area (Å²) in [4.78, 5) is 13.2. The van der Waals surface area contributed by atoms with Gasteiger partial charge in [-0.15, -0.1) is 11.3 Å². The second-order valence-electron chi connectivity index (χ2n) is 7.15. The zero-order valence-electron chi connectivity index (χ0n) is 16.9. The number of hydrogen-bond acceptors (Lipinski definition) is 4. The Morgan fingerprint density at radius 1 is 1.18 bits per heavy atom. The van der Waals surface area contributed by atoms with Gasteiger partial charge >= 0.3 is 6.18 Å². The first-order valence-electron chi connectivity index (χ1n) is 9.79. The van der Waals surface area contributed by atoms with E-state index < -0.39 is 37.5 Å². The van der Waals surface area contributed by atoms with E-state index in [0.29, 0.717) is 36.3 Å². The Balaban J connectivity index is 1.60. The van der Waals surface area contributed by atoms with Crippen molar-refractivity contribution in [2.45, 2.75) is 18.3 Å². The molecule has 0 saturated carbocycles. The number of rotatable bonds is 5. The summed E-state index contributed by atoms with van der Waals surface area (Å²) in [6, 6.07) is 7.55. The van der Waals surface area contributed by atoms with Crippen molar-refractivity contribution in [1.82, 2.24) is 5.32 Å². The van der Waals surface area contributed by atoms with Crippen LogP contribution in [0.5, 0.6) is 0 Å². The number of hydrogen-bond donors (Lipinski definition) is 1. The number of alkyl halides is 3. The van der Waals surface area contributed by atoms with Crippen molar-refractivity contribution in [2.75, 3.05) is 13.2 Å². The zero-order chi connectivity index (χ0) is 23.6. The van der Waals surface area contributed by atoms with Crippen molar-refractivity contribution < 1.29 is 31.4 Å². The molecule has 4 nitrogen and oxygen atoms in total. The number of halogens is 5. The van der Waals surface area contributed by atoms with Crippen LogP contribution in [-0.2, 0) is 20.0 Å².